The summed E-state index contributed by atoms with van der Waals surface area (Å²) in [5, 5.41) is 8.85. The summed E-state index contributed by atoms with van der Waals surface area (Å²) in [6, 6.07) is 7.18. The van der Waals surface area contributed by atoms with Crippen LogP contribution in [0.3, 0.4) is 0 Å². The second-order valence-electron chi connectivity index (χ2n) is 4.66. The van der Waals surface area contributed by atoms with Gasteiger partial charge in [-0.25, -0.2) is 0 Å². The molecule has 2 aromatic rings. The molecular weight excluding hydrogens is 272 g/mol. The fourth-order valence-electron chi connectivity index (χ4n) is 2.24. The highest BCUT2D eigenvalue weighted by Gasteiger charge is 2.40. The van der Waals surface area contributed by atoms with Gasteiger partial charge in [0.25, 0.3) is 11.8 Å². The number of nitrogens with zero attached hydrogens (tertiary/aromatic N) is 2. The summed E-state index contributed by atoms with van der Waals surface area (Å²) in [4.78, 5) is 37.6. The number of hydrogen-bond acceptors (Lipinski definition) is 4. The SMILES string of the molecule is CC(C(=O)Nc1ccn[nH]1)N1C(=O)c2ccccc2C1=O. The number of carbonyl (C=O) groups is 3. The smallest absolute Gasteiger partial charge is 0.262 e. The Morgan fingerprint density at radius 1 is 1.19 bits per heavy atom. The molecule has 0 bridgehead atoms. The van der Waals surface area contributed by atoms with Crippen LogP contribution in [0.1, 0.15) is 27.6 Å². The van der Waals surface area contributed by atoms with Crippen LogP contribution in [-0.4, -0.2) is 38.9 Å². The Kier molecular flexibility index (Phi) is 3.02. The first kappa shape index (κ1) is 13.0. The van der Waals surface area contributed by atoms with Gasteiger partial charge in [-0.05, 0) is 19.1 Å². The van der Waals surface area contributed by atoms with E-state index in [1.165, 1.54) is 13.1 Å². The molecule has 7 heteroatoms. The molecule has 1 atom stereocenters. The van der Waals surface area contributed by atoms with Crippen molar-refractivity contribution in [2.75, 3.05) is 5.32 Å². The average Bonchev–Trinajstić information content (AvgIpc) is 3.07. The summed E-state index contributed by atoms with van der Waals surface area (Å²) in [5.74, 6) is -0.970. The van der Waals surface area contributed by atoms with Gasteiger partial charge in [-0.3, -0.25) is 24.4 Å². The van der Waals surface area contributed by atoms with Crippen LogP contribution in [0.25, 0.3) is 0 Å². The Morgan fingerprint density at radius 2 is 1.81 bits per heavy atom. The zero-order valence-corrected chi connectivity index (χ0v) is 11.2. The molecule has 1 aliphatic rings. The van der Waals surface area contributed by atoms with Crippen molar-refractivity contribution in [2.45, 2.75) is 13.0 Å². The molecular formula is C14H12N4O3. The number of nitrogens with one attached hydrogen (secondary N) is 2. The van der Waals surface area contributed by atoms with E-state index in [1.807, 2.05) is 0 Å². The third-order valence-electron chi connectivity index (χ3n) is 3.35. The van der Waals surface area contributed by atoms with Crippen LogP contribution >= 0.6 is 0 Å². The zero-order chi connectivity index (χ0) is 15.0. The number of hydrogen-bond donors (Lipinski definition) is 2. The lowest BCUT2D eigenvalue weighted by atomic mass is 10.1. The molecule has 21 heavy (non-hydrogen) atoms. The first-order chi connectivity index (χ1) is 10.1. The van der Waals surface area contributed by atoms with Crippen molar-refractivity contribution in [3.63, 3.8) is 0 Å². The number of rotatable bonds is 3. The van der Waals surface area contributed by atoms with Crippen molar-refractivity contribution in [1.82, 2.24) is 15.1 Å². The van der Waals surface area contributed by atoms with Gasteiger partial charge in [0.15, 0.2) is 0 Å². The maximum Gasteiger partial charge on any atom is 0.262 e. The Bertz CT molecular complexity index is 689. The number of imide groups is 1. The fourth-order valence-corrected chi connectivity index (χ4v) is 2.24. The van der Waals surface area contributed by atoms with Crippen molar-refractivity contribution in [1.29, 1.82) is 0 Å². The van der Waals surface area contributed by atoms with Gasteiger partial charge in [0, 0.05) is 6.07 Å². The Balaban J connectivity index is 1.83. The highest BCUT2D eigenvalue weighted by atomic mass is 16.2. The van der Waals surface area contributed by atoms with Gasteiger partial charge in [0.2, 0.25) is 5.91 Å². The van der Waals surface area contributed by atoms with Crippen molar-refractivity contribution in [2.24, 2.45) is 0 Å². The largest absolute Gasteiger partial charge is 0.309 e. The molecule has 3 rings (SSSR count). The second-order valence-corrected chi connectivity index (χ2v) is 4.66. The number of carbonyl (C=O) groups excluding carboxylic acids is 3. The number of anilines is 1. The van der Waals surface area contributed by atoms with Crippen LogP contribution in [0, 0.1) is 0 Å². The molecule has 0 aliphatic carbocycles. The lowest BCUT2D eigenvalue weighted by Crippen LogP contribution is -2.45. The minimum absolute atomic E-state index is 0.323. The topological polar surface area (TPSA) is 95.2 Å². The fraction of sp³-hybridized carbons (Fsp3) is 0.143. The van der Waals surface area contributed by atoms with Gasteiger partial charge in [-0.1, -0.05) is 12.1 Å². The van der Waals surface area contributed by atoms with Gasteiger partial charge in [0.1, 0.15) is 11.9 Å². The maximum absolute atomic E-state index is 12.3. The average molecular weight is 284 g/mol. The zero-order valence-electron chi connectivity index (χ0n) is 11.2. The monoisotopic (exact) mass is 284 g/mol. The van der Waals surface area contributed by atoms with Crippen LogP contribution in [0.5, 0.6) is 0 Å². The summed E-state index contributed by atoms with van der Waals surface area (Å²) in [7, 11) is 0. The molecule has 7 nitrogen and oxygen atoms in total. The molecule has 2 heterocycles. The van der Waals surface area contributed by atoms with Crippen LogP contribution in [0.2, 0.25) is 0 Å². The molecule has 0 fully saturated rings. The predicted octanol–water partition coefficient (Wildman–Crippen LogP) is 1.03. The van der Waals surface area contributed by atoms with E-state index in [4.69, 9.17) is 0 Å². The number of fused-ring (bicyclic) bond motifs is 1. The van der Waals surface area contributed by atoms with Crippen LogP contribution in [0.15, 0.2) is 36.5 Å². The third kappa shape index (κ3) is 2.08. The van der Waals surface area contributed by atoms with E-state index in [9.17, 15) is 14.4 Å². The highest BCUT2D eigenvalue weighted by molar-refractivity contribution is 6.23. The Labute approximate surface area is 119 Å². The van der Waals surface area contributed by atoms with E-state index < -0.39 is 23.8 Å². The molecule has 0 saturated carbocycles. The number of aromatic amines is 1. The van der Waals surface area contributed by atoms with Gasteiger partial charge in [-0.2, -0.15) is 5.10 Å². The van der Waals surface area contributed by atoms with E-state index in [0.29, 0.717) is 16.9 Å². The summed E-state index contributed by atoms with van der Waals surface area (Å²) in [6.07, 6.45) is 1.49. The van der Waals surface area contributed by atoms with E-state index in [0.717, 1.165) is 4.90 Å². The first-order valence-electron chi connectivity index (χ1n) is 6.36. The van der Waals surface area contributed by atoms with E-state index >= 15 is 0 Å². The third-order valence-corrected chi connectivity index (χ3v) is 3.35. The van der Waals surface area contributed by atoms with Crippen molar-refractivity contribution < 1.29 is 14.4 Å². The Hall–Kier alpha value is -2.96. The van der Waals surface area contributed by atoms with Gasteiger partial charge >= 0.3 is 0 Å². The van der Waals surface area contributed by atoms with E-state index in [2.05, 4.69) is 15.5 Å². The van der Waals surface area contributed by atoms with Crippen molar-refractivity contribution in [3.8, 4) is 0 Å². The highest BCUT2D eigenvalue weighted by Crippen LogP contribution is 2.24. The summed E-state index contributed by atoms with van der Waals surface area (Å²) in [5.41, 5.74) is 0.646. The van der Waals surface area contributed by atoms with E-state index in [1.54, 1.807) is 30.3 Å². The summed E-state index contributed by atoms with van der Waals surface area (Å²) >= 11 is 0. The second kappa shape index (κ2) is 4.86. The van der Waals surface area contributed by atoms with Gasteiger partial charge in [-0.15, -0.1) is 0 Å². The number of benzene rings is 1. The minimum atomic E-state index is -0.916. The van der Waals surface area contributed by atoms with Crippen molar-refractivity contribution >= 4 is 23.5 Å². The summed E-state index contributed by atoms with van der Waals surface area (Å²) in [6.45, 7) is 1.51. The van der Waals surface area contributed by atoms with Crippen LogP contribution < -0.4 is 5.32 Å². The lowest BCUT2D eigenvalue weighted by molar-refractivity contribution is -0.119. The minimum Gasteiger partial charge on any atom is -0.309 e. The molecule has 106 valence electrons. The first-order valence-corrected chi connectivity index (χ1v) is 6.36. The van der Waals surface area contributed by atoms with Gasteiger partial charge < -0.3 is 5.32 Å². The quantitative estimate of drug-likeness (QED) is 0.823. The number of H-pyrrole nitrogens is 1. The predicted molar refractivity (Wildman–Crippen MR) is 73.6 cm³/mol. The van der Waals surface area contributed by atoms with Crippen LogP contribution in [0.4, 0.5) is 5.82 Å². The maximum atomic E-state index is 12.3. The summed E-state index contributed by atoms with van der Waals surface area (Å²) < 4.78 is 0. The standard InChI is InChI=1S/C14H12N4O3/c1-8(12(19)16-11-6-7-15-17-11)18-13(20)9-4-2-3-5-10(9)14(18)21/h2-8H,1H3,(H2,15,16,17,19). The van der Waals surface area contributed by atoms with E-state index in [-0.39, 0.29) is 0 Å². The molecule has 3 amide bonds. The molecule has 2 N–H and O–H groups in total. The lowest BCUT2D eigenvalue weighted by Gasteiger charge is -2.21. The van der Waals surface area contributed by atoms with Gasteiger partial charge in [0.05, 0.1) is 17.3 Å². The number of aromatic nitrogens is 2. The molecule has 0 saturated heterocycles. The molecule has 1 unspecified atom stereocenters. The number of amides is 3. The molecule has 0 spiro atoms. The molecule has 1 aromatic heterocycles. The molecule has 1 aliphatic heterocycles. The Morgan fingerprint density at radius 3 is 2.33 bits per heavy atom. The van der Waals surface area contributed by atoms with Crippen molar-refractivity contribution in [3.05, 3.63) is 47.7 Å². The normalized spacial score (nSPS) is 15.0. The molecule has 0 radical (unpaired) electrons. The molecule has 1 aromatic carbocycles. The van der Waals surface area contributed by atoms with Crippen LogP contribution in [-0.2, 0) is 4.79 Å².